The summed E-state index contributed by atoms with van der Waals surface area (Å²) >= 11 is 8.49. The maximum absolute atomic E-state index is 11.9. The maximum Gasteiger partial charge on any atom is 0.251 e. The van der Waals surface area contributed by atoms with Crippen molar-refractivity contribution in [2.24, 2.45) is 5.73 Å². The molecule has 0 spiro atoms. The minimum Gasteiger partial charge on any atom is -0.365 e. The fourth-order valence-electron chi connectivity index (χ4n) is 1.68. The number of nitrogens with two attached hydrogens (primary N) is 1. The van der Waals surface area contributed by atoms with E-state index in [2.05, 4.69) is 5.32 Å². The number of thiophene rings is 1. The summed E-state index contributed by atoms with van der Waals surface area (Å²) in [6.07, 6.45) is 0. The summed E-state index contributed by atoms with van der Waals surface area (Å²) in [7, 11) is 0. The molecule has 110 valence electrons. The largest absolute Gasteiger partial charge is 0.365 e. The lowest BCUT2D eigenvalue weighted by Gasteiger charge is -2.05. The lowest BCUT2D eigenvalue weighted by molar-refractivity contribution is -0.113. The van der Waals surface area contributed by atoms with E-state index in [0.29, 0.717) is 15.6 Å². The number of hydrogen-bond acceptors (Lipinski definition) is 4. The van der Waals surface area contributed by atoms with Gasteiger partial charge in [0, 0.05) is 9.92 Å². The molecule has 0 aliphatic rings. The monoisotopic (exact) mass is 340 g/mol. The van der Waals surface area contributed by atoms with E-state index in [4.69, 9.17) is 17.3 Å². The van der Waals surface area contributed by atoms with Crippen molar-refractivity contribution in [3.63, 3.8) is 0 Å². The molecule has 2 amide bonds. The van der Waals surface area contributed by atoms with E-state index in [1.807, 2.05) is 12.1 Å². The van der Waals surface area contributed by atoms with Crippen molar-refractivity contribution in [3.05, 3.63) is 45.8 Å². The average Bonchev–Trinajstić information content (AvgIpc) is 2.79. The molecule has 1 aromatic heterocycles. The Balaban J connectivity index is 1.96. The third-order valence-electron chi connectivity index (χ3n) is 2.66. The normalized spacial score (nSPS) is 10.4. The quantitative estimate of drug-likeness (QED) is 0.818. The van der Waals surface area contributed by atoms with Gasteiger partial charge >= 0.3 is 0 Å². The van der Waals surface area contributed by atoms with Crippen molar-refractivity contribution in [1.82, 2.24) is 0 Å². The standard InChI is InChI=1S/C14H13ClN2O2S2/c1-8-6-21-14(12(8)13(16)19)17-11(18)7-20-10-4-2-9(15)3-5-10/h2-6H,7H2,1H3,(H2,16,19)(H,17,18). The first-order valence-electron chi connectivity index (χ1n) is 6.03. The van der Waals surface area contributed by atoms with Crippen molar-refractivity contribution >= 4 is 51.5 Å². The minimum atomic E-state index is -0.533. The molecular formula is C14H13ClN2O2S2. The Labute approximate surface area is 135 Å². The Bertz CT molecular complexity index is 668. The van der Waals surface area contributed by atoms with Crippen LogP contribution in [0.1, 0.15) is 15.9 Å². The molecule has 0 aliphatic heterocycles. The van der Waals surface area contributed by atoms with Gasteiger partial charge in [-0.3, -0.25) is 9.59 Å². The molecule has 0 unspecified atom stereocenters. The van der Waals surface area contributed by atoms with Crippen LogP contribution in [0.2, 0.25) is 5.02 Å². The van der Waals surface area contributed by atoms with Crippen molar-refractivity contribution in [2.75, 3.05) is 11.1 Å². The third kappa shape index (κ3) is 4.23. The lowest BCUT2D eigenvalue weighted by atomic mass is 10.2. The van der Waals surface area contributed by atoms with Crippen LogP contribution in [0.3, 0.4) is 0 Å². The van der Waals surface area contributed by atoms with E-state index in [9.17, 15) is 9.59 Å². The Hall–Kier alpha value is -1.50. The van der Waals surface area contributed by atoms with Gasteiger partial charge in [-0.1, -0.05) is 11.6 Å². The van der Waals surface area contributed by atoms with Crippen molar-refractivity contribution < 1.29 is 9.59 Å². The molecule has 0 bridgehead atoms. The lowest BCUT2D eigenvalue weighted by Crippen LogP contribution is -2.18. The van der Waals surface area contributed by atoms with Gasteiger partial charge in [-0.15, -0.1) is 23.1 Å². The SMILES string of the molecule is Cc1csc(NC(=O)CSc2ccc(Cl)cc2)c1C(N)=O. The number of nitrogens with one attached hydrogen (secondary N) is 1. The second-order valence-electron chi connectivity index (χ2n) is 4.28. The Morgan fingerprint density at radius 3 is 2.62 bits per heavy atom. The number of anilines is 1. The number of thioether (sulfide) groups is 1. The Kier molecular flexibility index (Phi) is 5.27. The number of benzene rings is 1. The van der Waals surface area contributed by atoms with E-state index in [0.717, 1.165) is 10.5 Å². The Morgan fingerprint density at radius 2 is 2.00 bits per heavy atom. The van der Waals surface area contributed by atoms with Gasteiger partial charge in [0.15, 0.2) is 0 Å². The number of aryl methyl sites for hydroxylation is 1. The molecule has 7 heteroatoms. The zero-order chi connectivity index (χ0) is 15.4. The van der Waals surface area contributed by atoms with Crippen LogP contribution in [0.5, 0.6) is 0 Å². The van der Waals surface area contributed by atoms with Crippen LogP contribution in [-0.2, 0) is 4.79 Å². The summed E-state index contributed by atoms with van der Waals surface area (Å²) < 4.78 is 0. The molecule has 0 saturated heterocycles. The van der Waals surface area contributed by atoms with Crippen molar-refractivity contribution in [2.45, 2.75) is 11.8 Å². The summed E-state index contributed by atoms with van der Waals surface area (Å²) in [4.78, 5) is 24.2. The van der Waals surface area contributed by atoms with Gasteiger partial charge in [-0.05, 0) is 42.1 Å². The number of hydrogen-bond donors (Lipinski definition) is 2. The zero-order valence-corrected chi connectivity index (χ0v) is 13.6. The van der Waals surface area contributed by atoms with Gasteiger partial charge in [-0.2, -0.15) is 0 Å². The highest BCUT2D eigenvalue weighted by molar-refractivity contribution is 8.00. The van der Waals surface area contributed by atoms with Crippen molar-refractivity contribution in [1.29, 1.82) is 0 Å². The number of primary amides is 1. The first-order chi connectivity index (χ1) is 9.97. The highest BCUT2D eigenvalue weighted by Crippen LogP contribution is 2.28. The second-order valence-corrected chi connectivity index (χ2v) is 6.64. The molecule has 2 rings (SSSR count). The molecule has 2 aromatic rings. The number of rotatable bonds is 5. The molecule has 1 aromatic carbocycles. The number of carbonyl (C=O) groups excluding carboxylic acids is 2. The van der Waals surface area contributed by atoms with Crippen LogP contribution < -0.4 is 11.1 Å². The molecule has 21 heavy (non-hydrogen) atoms. The van der Waals surface area contributed by atoms with Crippen LogP contribution in [0.25, 0.3) is 0 Å². The first-order valence-corrected chi connectivity index (χ1v) is 8.28. The Morgan fingerprint density at radius 1 is 1.33 bits per heavy atom. The summed E-state index contributed by atoms with van der Waals surface area (Å²) in [5.74, 6) is -0.467. The molecule has 0 fully saturated rings. The molecule has 1 heterocycles. The number of amides is 2. The van der Waals surface area contributed by atoms with E-state index in [1.165, 1.54) is 23.1 Å². The number of carbonyl (C=O) groups is 2. The van der Waals surface area contributed by atoms with Gasteiger partial charge in [0.05, 0.1) is 11.3 Å². The fourth-order valence-corrected chi connectivity index (χ4v) is 3.47. The molecule has 3 N–H and O–H groups in total. The molecular weight excluding hydrogens is 328 g/mol. The van der Waals surface area contributed by atoms with Crippen molar-refractivity contribution in [3.8, 4) is 0 Å². The van der Waals surface area contributed by atoms with Crippen LogP contribution in [-0.4, -0.2) is 17.6 Å². The predicted molar refractivity (Wildman–Crippen MR) is 88.4 cm³/mol. The van der Waals surface area contributed by atoms with Gasteiger partial charge in [-0.25, -0.2) is 0 Å². The van der Waals surface area contributed by atoms with Gasteiger partial charge in [0.1, 0.15) is 5.00 Å². The maximum atomic E-state index is 11.9. The molecule has 0 radical (unpaired) electrons. The zero-order valence-electron chi connectivity index (χ0n) is 11.2. The van der Waals surface area contributed by atoms with E-state index < -0.39 is 5.91 Å². The van der Waals surface area contributed by atoms with E-state index in [-0.39, 0.29) is 11.7 Å². The van der Waals surface area contributed by atoms with Crippen LogP contribution in [0.15, 0.2) is 34.5 Å². The van der Waals surface area contributed by atoms with Crippen LogP contribution in [0, 0.1) is 6.92 Å². The second kappa shape index (κ2) is 6.98. The van der Waals surface area contributed by atoms with E-state index >= 15 is 0 Å². The summed E-state index contributed by atoms with van der Waals surface area (Å²) in [6.45, 7) is 1.79. The first kappa shape index (κ1) is 15.9. The fraction of sp³-hybridized carbons (Fsp3) is 0.143. The highest BCUT2D eigenvalue weighted by atomic mass is 35.5. The molecule has 0 aliphatic carbocycles. The van der Waals surface area contributed by atoms with Gasteiger partial charge in [0.25, 0.3) is 5.91 Å². The number of halogens is 1. The highest BCUT2D eigenvalue weighted by Gasteiger charge is 2.16. The third-order valence-corrected chi connectivity index (χ3v) is 4.94. The molecule has 0 atom stereocenters. The van der Waals surface area contributed by atoms with Gasteiger partial charge < -0.3 is 11.1 Å². The minimum absolute atomic E-state index is 0.181. The van der Waals surface area contributed by atoms with Gasteiger partial charge in [0.2, 0.25) is 5.91 Å². The molecule has 4 nitrogen and oxygen atoms in total. The van der Waals surface area contributed by atoms with Crippen LogP contribution >= 0.6 is 34.7 Å². The summed E-state index contributed by atoms with van der Waals surface area (Å²) in [5.41, 5.74) is 6.46. The van der Waals surface area contributed by atoms with E-state index in [1.54, 1.807) is 24.4 Å². The summed E-state index contributed by atoms with van der Waals surface area (Å²) in [5, 5.41) is 5.68. The average molecular weight is 341 g/mol. The smallest absolute Gasteiger partial charge is 0.251 e. The molecule has 0 saturated carbocycles. The van der Waals surface area contributed by atoms with Crippen LogP contribution in [0.4, 0.5) is 5.00 Å². The summed E-state index contributed by atoms with van der Waals surface area (Å²) in [6, 6.07) is 7.25. The predicted octanol–water partition coefficient (Wildman–Crippen LogP) is 3.54. The topological polar surface area (TPSA) is 72.2 Å².